The lowest BCUT2D eigenvalue weighted by Crippen LogP contribution is -1.82. The Kier molecular flexibility index (Phi) is 6.93. The highest BCUT2D eigenvalue weighted by Crippen LogP contribution is 2.02. The second-order valence-corrected chi connectivity index (χ2v) is 3.27. The molecule has 0 aliphatic carbocycles. The molecule has 0 spiro atoms. The summed E-state index contributed by atoms with van der Waals surface area (Å²) in [7, 11) is 0. The van der Waals surface area contributed by atoms with Gasteiger partial charge in [-0.1, -0.05) is 36.0 Å². The molecule has 3 heteroatoms. The molecule has 0 heterocycles. The molecule has 0 saturated carbocycles. The summed E-state index contributed by atoms with van der Waals surface area (Å²) >= 11 is 14.8. The summed E-state index contributed by atoms with van der Waals surface area (Å²) in [4.78, 5) is 0. The van der Waals surface area contributed by atoms with Crippen molar-refractivity contribution >= 4 is 45.7 Å². The van der Waals surface area contributed by atoms with Gasteiger partial charge in [0.05, 0.1) is 4.32 Å². The average Bonchev–Trinajstić information content (AvgIpc) is 1.80. The third kappa shape index (κ3) is 8.47. The van der Waals surface area contributed by atoms with Crippen LogP contribution in [0.4, 0.5) is 0 Å². The topological polar surface area (TPSA) is 0 Å². The Morgan fingerprint density at radius 3 is 2.56 bits per heavy atom. The van der Waals surface area contributed by atoms with Crippen molar-refractivity contribution in [2.24, 2.45) is 0 Å². The van der Waals surface area contributed by atoms with Gasteiger partial charge in [0.25, 0.3) is 0 Å². The molecule has 0 radical (unpaired) electrons. The molecule has 0 N–H and O–H groups in total. The van der Waals surface area contributed by atoms with E-state index in [4.69, 9.17) is 11.6 Å². The van der Waals surface area contributed by atoms with Gasteiger partial charge in [0.1, 0.15) is 0 Å². The van der Waals surface area contributed by atoms with Crippen molar-refractivity contribution in [2.75, 3.05) is 0 Å². The molecule has 0 aliphatic rings. The van der Waals surface area contributed by atoms with Crippen LogP contribution in [0.2, 0.25) is 0 Å². The molecule has 0 aromatic heterocycles. The van der Waals surface area contributed by atoms with E-state index in [1.54, 1.807) is 5.37 Å². The molecular formula is C6H9ClS2. The summed E-state index contributed by atoms with van der Waals surface area (Å²) in [6.07, 6.45) is 4.01. The molecule has 0 aromatic rings. The van der Waals surface area contributed by atoms with Crippen molar-refractivity contribution in [3.8, 4) is 0 Å². The quantitative estimate of drug-likeness (QED) is 0.362. The fourth-order valence-corrected chi connectivity index (χ4v) is 0.936. The lowest BCUT2D eigenvalue weighted by atomic mass is 10.2. The van der Waals surface area contributed by atoms with Gasteiger partial charge < -0.3 is 0 Å². The second kappa shape index (κ2) is 6.59. The van der Waals surface area contributed by atoms with Gasteiger partial charge in [-0.05, 0) is 31.1 Å². The summed E-state index contributed by atoms with van der Waals surface area (Å²) in [5, 5.41) is 1.75. The normalized spacial score (nSPS) is 9.00. The predicted molar refractivity (Wildman–Crippen MR) is 50.6 cm³/mol. The minimum Gasteiger partial charge on any atom is -0.0935 e. The van der Waals surface area contributed by atoms with Crippen LogP contribution in [0.25, 0.3) is 0 Å². The maximum absolute atomic E-state index is 5.45. The van der Waals surface area contributed by atoms with Crippen LogP contribution in [0.3, 0.4) is 0 Å². The van der Waals surface area contributed by atoms with Crippen molar-refractivity contribution in [1.29, 1.82) is 0 Å². The lowest BCUT2D eigenvalue weighted by Gasteiger charge is -1.91. The number of unbranched alkanes of at least 4 members (excludes halogenated alkanes) is 2. The first-order valence-electron chi connectivity index (χ1n) is 2.89. The van der Waals surface area contributed by atoms with Crippen molar-refractivity contribution < 1.29 is 0 Å². The number of hydrogen-bond donors (Lipinski definition) is 0. The maximum atomic E-state index is 5.45. The zero-order chi connectivity index (χ0) is 7.11. The standard InChI is InChI=1S/C6H9ClS2/c7-6(9)4-2-1-3-5-8/h5H,1-4H2. The van der Waals surface area contributed by atoms with Crippen LogP contribution < -0.4 is 0 Å². The van der Waals surface area contributed by atoms with Crippen LogP contribution in [0, 0.1) is 0 Å². The van der Waals surface area contributed by atoms with Gasteiger partial charge in [0.15, 0.2) is 0 Å². The Balaban J connectivity index is 2.91. The molecule has 9 heavy (non-hydrogen) atoms. The SMILES string of the molecule is S=CCCCCC(=S)Cl. The molecular weight excluding hydrogens is 172 g/mol. The van der Waals surface area contributed by atoms with Gasteiger partial charge in [0, 0.05) is 0 Å². The molecule has 0 bridgehead atoms. The Morgan fingerprint density at radius 1 is 1.44 bits per heavy atom. The fourth-order valence-electron chi connectivity index (χ4n) is 0.492. The van der Waals surface area contributed by atoms with E-state index in [1.807, 2.05) is 0 Å². The molecule has 0 aromatic carbocycles. The largest absolute Gasteiger partial charge is 0.0935 e. The van der Waals surface area contributed by atoms with Crippen molar-refractivity contribution in [3.63, 3.8) is 0 Å². The van der Waals surface area contributed by atoms with Gasteiger partial charge in [-0.15, -0.1) is 0 Å². The Morgan fingerprint density at radius 2 is 2.11 bits per heavy atom. The van der Waals surface area contributed by atoms with E-state index in [9.17, 15) is 0 Å². The molecule has 0 atom stereocenters. The minimum absolute atomic E-state index is 0.583. The number of hydrogen-bond acceptors (Lipinski definition) is 2. The van der Waals surface area contributed by atoms with E-state index >= 15 is 0 Å². The fraction of sp³-hybridized carbons (Fsp3) is 0.667. The number of halogens is 1. The van der Waals surface area contributed by atoms with Crippen LogP contribution in [0.1, 0.15) is 25.7 Å². The summed E-state index contributed by atoms with van der Waals surface area (Å²) in [6, 6.07) is 0. The minimum atomic E-state index is 0.583. The van der Waals surface area contributed by atoms with E-state index in [0.29, 0.717) is 4.32 Å². The molecule has 0 saturated heterocycles. The Labute approximate surface area is 71.6 Å². The monoisotopic (exact) mass is 180 g/mol. The zero-order valence-corrected chi connectivity index (χ0v) is 7.49. The average molecular weight is 181 g/mol. The highest BCUT2D eigenvalue weighted by molar-refractivity contribution is 7.83. The van der Waals surface area contributed by atoms with Crippen molar-refractivity contribution in [1.82, 2.24) is 0 Å². The Hall–Kier alpha value is 0.470. The van der Waals surface area contributed by atoms with Crippen molar-refractivity contribution in [3.05, 3.63) is 0 Å². The molecule has 52 valence electrons. The molecule has 0 amide bonds. The van der Waals surface area contributed by atoms with Gasteiger partial charge in [-0.25, -0.2) is 0 Å². The molecule has 0 nitrogen and oxygen atoms in total. The van der Waals surface area contributed by atoms with E-state index < -0.39 is 0 Å². The second-order valence-electron chi connectivity index (χ2n) is 1.77. The maximum Gasteiger partial charge on any atom is 0.0808 e. The summed E-state index contributed by atoms with van der Waals surface area (Å²) < 4.78 is 0.583. The van der Waals surface area contributed by atoms with Gasteiger partial charge in [0.2, 0.25) is 0 Å². The third-order valence-electron chi connectivity index (χ3n) is 0.945. The first kappa shape index (κ1) is 9.47. The van der Waals surface area contributed by atoms with Gasteiger partial charge in [-0.2, -0.15) is 0 Å². The number of rotatable bonds is 5. The van der Waals surface area contributed by atoms with Gasteiger partial charge in [-0.3, -0.25) is 0 Å². The molecule has 0 fully saturated rings. The molecule has 0 aliphatic heterocycles. The molecule has 0 rings (SSSR count). The highest BCUT2D eigenvalue weighted by Gasteiger charge is 1.89. The number of thiocarbonyl (C=S) groups is 2. The van der Waals surface area contributed by atoms with Crippen LogP contribution in [-0.4, -0.2) is 9.69 Å². The summed E-state index contributed by atoms with van der Waals surface area (Å²) in [6.45, 7) is 0. The van der Waals surface area contributed by atoms with Gasteiger partial charge >= 0.3 is 0 Å². The van der Waals surface area contributed by atoms with Crippen LogP contribution in [0.5, 0.6) is 0 Å². The predicted octanol–water partition coefficient (Wildman–Crippen LogP) is 3.11. The van der Waals surface area contributed by atoms with Crippen molar-refractivity contribution in [2.45, 2.75) is 25.7 Å². The smallest absolute Gasteiger partial charge is 0.0808 e. The molecule has 0 unspecified atom stereocenters. The third-order valence-corrected chi connectivity index (χ3v) is 1.57. The van der Waals surface area contributed by atoms with Crippen LogP contribution >= 0.6 is 36.0 Å². The van der Waals surface area contributed by atoms with E-state index in [0.717, 1.165) is 25.7 Å². The summed E-state index contributed by atoms with van der Waals surface area (Å²) in [5.41, 5.74) is 0. The van der Waals surface area contributed by atoms with E-state index in [1.165, 1.54) is 0 Å². The first-order chi connectivity index (χ1) is 4.27. The first-order valence-corrected chi connectivity index (χ1v) is 4.15. The summed E-state index contributed by atoms with van der Waals surface area (Å²) in [5.74, 6) is 0. The van der Waals surface area contributed by atoms with Crippen LogP contribution in [0.15, 0.2) is 0 Å². The van der Waals surface area contributed by atoms with E-state index in [-0.39, 0.29) is 0 Å². The Bertz CT molecular complexity index is 101. The lowest BCUT2D eigenvalue weighted by molar-refractivity contribution is 0.811. The highest BCUT2D eigenvalue weighted by atomic mass is 35.5. The van der Waals surface area contributed by atoms with E-state index in [2.05, 4.69) is 24.4 Å². The zero-order valence-electron chi connectivity index (χ0n) is 5.10. The van der Waals surface area contributed by atoms with Crippen LogP contribution in [-0.2, 0) is 0 Å².